The molecule has 0 aliphatic carbocycles. The van der Waals surface area contributed by atoms with E-state index in [2.05, 4.69) is 25.6 Å². The van der Waals surface area contributed by atoms with Crippen molar-refractivity contribution >= 4 is 34.6 Å². The maximum absolute atomic E-state index is 12.5. The lowest BCUT2D eigenvalue weighted by Crippen LogP contribution is -2.12. The van der Waals surface area contributed by atoms with Gasteiger partial charge >= 0.3 is 0 Å². The van der Waals surface area contributed by atoms with Crippen LogP contribution in [0.3, 0.4) is 0 Å². The lowest BCUT2D eigenvalue weighted by Gasteiger charge is -2.05. The second-order valence-corrected chi connectivity index (χ2v) is 7.42. The van der Waals surface area contributed by atoms with Crippen LogP contribution in [0.5, 0.6) is 0 Å². The molecule has 0 saturated heterocycles. The highest BCUT2D eigenvalue weighted by molar-refractivity contribution is 7.71. The quantitative estimate of drug-likeness (QED) is 0.476. The summed E-state index contributed by atoms with van der Waals surface area (Å²) in [6.45, 7) is 0.668. The fourth-order valence-electron chi connectivity index (χ4n) is 2.66. The molecule has 0 unspecified atom stereocenters. The van der Waals surface area contributed by atoms with Crippen molar-refractivity contribution in [2.24, 2.45) is 7.05 Å². The Morgan fingerprint density at radius 1 is 1.32 bits per heavy atom. The number of rotatable bonds is 6. The number of hydrogen-bond donors (Lipinski definition) is 2. The molecule has 4 rings (SSSR count). The van der Waals surface area contributed by atoms with Crippen LogP contribution in [-0.2, 0) is 20.0 Å². The Bertz CT molecular complexity index is 1140. The maximum atomic E-state index is 12.5. The summed E-state index contributed by atoms with van der Waals surface area (Å²) in [5.74, 6) is 0.602. The van der Waals surface area contributed by atoms with Gasteiger partial charge in [0.15, 0.2) is 9.90 Å². The highest BCUT2D eigenvalue weighted by Gasteiger charge is 2.11. The number of amides is 1. The monoisotopic (exact) mass is 411 g/mol. The molecule has 0 bridgehead atoms. The molecule has 0 aliphatic rings. The molecule has 0 saturated carbocycles. The van der Waals surface area contributed by atoms with Gasteiger partial charge in [0.1, 0.15) is 5.82 Å². The molecule has 0 atom stereocenters. The molecule has 3 aromatic heterocycles. The number of thiazole rings is 1. The summed E-state index contributed by atoms with van der Waals surface area (Å²) in [6.07, 6.45) is 4.18. The second-order valence-electron chi connectivity index (χ2n) is 6.18. The molecule has 0 spiro atoms. The minimum atomic E-state index is -0.190. The number of hydrogen-bond acceptors (Lipinski definition) is 6. The van der Waals surface area contributed by atoms with Crippen LogP contribution >= 0.6 is 23.6 Å². The standard InChI is InChI=1S/C18H17N7OS2/c1-24-15(22-23-18(24)27)9-14-11-28-17(20-14)21-16(26)13-5-3-12(4-6-13)10-25-8-2-7-19-25/h2-8,11H,9-10H2,1H3,(H,23,27)(H,20,21,26). The van der Waals surface area contributed by atoms with E-state index in [1.165, 1.54) is 11.3 Å². The molecule has 1 amide bonds. The predicted molar refractivity (Wildman–Crippen MR) is 109 cm³/mol. The summed E-state index contributed by atoms with van der Waals surface area (Å²) in [6, 6.07) is 9.34. The summed E-state index contributed by atoms with van der Waals surface area (Å²) < 4.78 is 4.20. The highest BCUT2D eigenvalue weighted by Crippen LogP contribution is 2.18. The largest absolute Gasteiger partial charge is 0.307 e. The van der Waals surface area contributed by atoms with E-state index in [1.54, 1.807) is 22.9 Å². The van der Waals surface area contributed by atoms with E-state index in [9.17, 15) is 4.79 Å². The zero-order chi connectivity index (χ0) is 19.5. The van der Waals surface area contributed by atoms with E-state index in [-0.39, 0.29) is 5.91 Å². The molecule has 4 aromatic rings. The first kappa shape index (κ1) is 18.3. The minimum Gasteiger partial charge on any atom is -0.307 e. The Kier molecular flexibility index (Phi) is 5.13. The number of nitrogens with zero attached hydrogens (tertiary/aromatic N) is 5. The molecule has 0 fully saturated rings. The van der Waals surface area contributed by atoms with Crippen molar-refractivity contribution in [1.29, 1.82) is 0 Å². The number of aromatic amines is 1. The molecule has 28 heavy (non-hydrogen) atoms. The van der Waals surface area contributed by atoms with Crippen LogP contribution in [0.1, 0.15) is 27.4 Å². The molecule has 3 heterocycles. The fourth-order valence-corrected chi connectivity index (χ4v) is 3.51. The van der Waals surface area contributed by atoms with Gasteiger partial charge in [-0.05, 0) is 36.0 Å². The molecule has 142 valence electrons. The van der Waals surface area contributed by atoms with Gasteiger partial charge in [0.2, 0.25) is 0 Å². The van der Waals surface area contributed by atoms with Crippen molar-refractivity contribution in [3.8, 4) is 0 Å². The van der Waals surface area contributed by atoms with Crippen molar-refractivity contribution in [3.05, 3.63) is 75.5 Å². The number of nitrogens with one attached hydrogen (secondary N) is 2. The summed E-state index contributed by atoms with van der Waals surface area (Å²) in [5, 5.41) is 16.4. The Hall–Kier alpha value is -3.11. The van der Waals surface area contributed by atoms with Gasteiger partial charge in [0.05, 0.1) is 18.7 Å². The van der Waals surface area contributed by atoms with Gasteiger partial charge in [-0.2, -0.15) is 10.2 Å². The molecular formula is C18H17N7OS2. The third kappa shape index (κ3) is 4.07. The lowest BCUT2D eigenvalue weighted by molar-refractivity contribution is 0.102. The van der Waals surface area contributed by atoms with Crippen LogP contribution in [0, 0.1) is 4.77 Å². The lowest BCUT2D eigenvalue weighted by atomic mass is 10.1. The SMILES string of the molecule is Cn1c(Cc2csc(NC(=O)c3ccc(Cn4cccn4)cc3)n2)n[nH]c1=S. The normalized spacial score (nSPS) is 10.9. The summed E-state index contributed by atoms with van der Waals surface area (Å²) in [7, 11) is 1.85. The average molecular weight is 412 g/mol. The molecule has 0 aliphatic heterocycles. The van der Waals surface area contributed by atoms with Crippen molar-refractivity contribution in [2.45, 2.75) is 13.0 Å². The van der Waals surface area contributed by atoms with Crippen LogP contribution in [0.15, 0.2) is 48.1 Å². The molecule has 2 N–H and O–H groups in total. The van der Waals surface area contributed by atoms with E-state index in [0.29, 0.717) is 28.4 Å². The van der Waals surface area contributed by atoms with Crippen molar-refractivity contribution < 1.29 is 4.79 Å². The third-order valence-corrected chi connectivity index (χ3v) is 5.38. The Morgan fingerprint density at radius 3 is 2.82 bits per heavy atom. The molecular weight excluding hydrogens is 394 g/mol. The predicted octanol–water partition coefficient (Wildman–Crippen LogP) is 3.02. The van der Waals surface area contributed by atoms with Gasteiger partial charge in [-0.15, -0.1) is 11.3 Å². The van der Waals surface area contributed by atoms with Crippen molar-refractivity contribution in [3.63, 3.8) is 0 Å². The summed E-state index contributed by atoms with van der Waals surface area (Å²) >= 11 is 6.50. The van der Waals surface area contributed by atoms with Crippen molar-refractivity contribution in [1.82, 2.24) is 29.5 Å². The summed E-state index contributed by atoms with van der Waals surface area (Å²) in [5.41, 5.74) is 2.48. The first-order valence-corrected chi connectivity index (χ1v) is 9.79. The number of anilines is 1. The van der Waals surface area contributed by atoms with E-state index in [1.807, 2.05) is 41.5 Å². The molecule has 0 radical (unpaired) electrons. The van der Waals surface area contributed by atoms with Gasteiger partial charge in [-0.25, -0.2) is 4.98 Å². The van der Waals surface area contributed by atoms with Crippen LogP contribution < -0.4 is 5.32 Å². The number of H-pyrrole nitrogens is 1. The number of carbonyl (C=O) groups is 1. The third-order valence-electron chi connectivity index (χ3n) is 4.20. The van der Waals surface area contributed by atoms with Crippen LogP contribution in [0.25, 0.3) is 0 Å². The van der Waals surface area contributed by atoms with E-state index < -0.39 is 0 Å². The molecule has 8 nitrogen and oxygen atoms in total. The van der Waals surface area contributed by atoms with Gasteiger partial charge in [0, 0.05) is 30.4 Å². The molecule has 10 heteroatoms. The number of benzene rings is 1. The number of aromatic nitrogens is 6. The molecule has 1 aromatic carbocycles. The Morgan fingerprint density at radius 2 is 2.14 bits per heavy atom. The van der Waals surface area contributed by atoms with Gasteiger partial charge in [-0.1, -0.05) is 12.1 Å². The van der Waals surface area contributed by atoms with Crippen LogP contribution in [0.4, 0.5) is 5.13 Å². The van der Waals surface area contributed by atoms with Gasteiger partial charge < -0.3 is 4.57 Å². The topological polar surface area (TPSA) is 93.4 Å². The Balaban J connectivity index is 1.39. The van der Waals surface area contributed by atoms with Crippen LogP contribution in [-0.4, -0.2) is 35.4 Å². The minimum absolute atomic E-state index is 0.190. The number of carbonyl (C=O) groups excluding carboxylic acids is 1. The maximum Gasteiger partial charge on any atom is 0.257 e. The second kappa shape index (κ2) is 7.87. The average Bonchev–Trinajstić information content (AvgIpc) is 3.42. The van der Waals surface area contributed by atoms with E-state index >= 15 is 0 Å². The Labute approximate surface area is 169 Å². The zero-order valence-corrected chi connectivity index (χ0v) is 16.6. The van der Waals surface area contributed by atoms with Gasteiger partial charge in [-0.3, -0.25) is 19.9 Å². The summed E-state index contributed by atoms with van der Waals surface area (Å²) in [4.78, 5) is 16.9. The zero-order valence-electron chi connectivity index (χ0n) is 15.0. The fraction of sp³-hybridized carbons (Fsp3) is 0.167. The van der Waals surface area contributed by atoms with E-state index in [4.69, 9.17) is 12.2 Å². The van der Waals surface area contributed by atoms with Crippen molar-refractivity contribution in [2.75, 3.05) is 5.32 Å². The smallest absolute Gasteiger partial charge is 0.257 e. The highest BCUT2D eigenvalue weighted by atomic mass is 32.1. The van der Waals surface area contributed by atoms with Crippen LogP contribution in [0.2, 0.25) is 0 Å². The first-order valence-electron chi connectivity index (χ1n) is 8.51. The first-order chi connectivity index (χ1) is 13.6. The van der Waals surface area contributed by atoms with Gasteiger partial charge in [0.25, 0.3) is 5.91 Å². The van der Waals surface area contributed by atoms with E-state index in [0.717, 1.165) is 17.1 Å².